The van der Waals surface area contributed by atoms with E-state index < -0.39 is 5.82 Å². The van der Waals surface area contributed by atoms with Crippen LogP contribution >= 0.6 is 0 Å². The first kappa shape index (κ1) is 21.8. The van der Waals surface area contributed by atoms with Crippen molar-refractivity contribution in [1.29, 1.82) is 0 Å². The van der Waals surface area contributed by atoms with Gasteiger partial charge in [0.25, 0.3) is 11.5 Å². The van der Waals surface area contributed by atoms with Crippen LogP contribution in [0.1, 0.15) is 39.9 Å². The van der Waals surface area contributed by atoms with Crippen molar-refractivity contribution in [2.75, 3.05) is 6.54 Å². The van der Waals surface area contributed by atoms with E-state index in [2.05, 4.69) is 19.7 Å². The first-order chi connectivity index (χ1) is 16.5. The number of aromatic nitrogens is 4. The minimum Gasteiger partial charge on any atom is -0.329 e. The van der Waals surface area contributed by atoms with Gasteiger partial charge in [-0.25, -0.2) is 14.5 Å². The standard InChI is InChI=1S/C26H24FN5O2/c1-2-18-14-20(29-30-25(18)33)12-17-8-9-22(27)21(13-17)26(34)31-10-11-32-23(15-28-24(32)16-31)19-6-4-3-5-7-19/h3-9,13-15H,2,10-12,16H2,1H3,(H,30,33). The van der Waals surface area contributed by atoms with E-state index in [0.29, 0.717) is 43.7 Å². The van der Waals surface area contributed by atoms with Crippen LogP contribution in [0.25, 0.3) is 11.3 Å². The summed E-state index contributed by atoms with van der Waals surface area (Å²) in [6.45, 7) is 3.27. The molecule has 0 saturated heterocycles. The van der Waals surface area contributed by atoms with Crippen LogP contribution in [0.5, 0.6) is 0 Å². The average molecular weight is 458 g/mol. The number of rotatable bonds is 5. The number of carbonyl (C=O) groups is 1. The Bertz CT molecular complexity index is 1410. The van der Waals surface area contributed by atoms with E-state index in [1.807, 2.05) is 43.5 Å². The number of amides is 1. The summed E-state index contributed by atoms with van der Waals surface area (Å²) < 4.78 is 16.8. The van der Waals surface area contributed by atoms with Gasteiger partial charge in [-0.2, -0.15) is 5.10 Å². The van der Waals surface area contributed by atoms with Crippen molar-refractivity contribution in [3.05, 3.63) is 105 Å². The molecule has 1 aliphatic rings. The van der Waals surface area contributed by atoms with Gasteiger partial charge in [0.15, 0.2) is 0 Å². The van der Waals surface area contributed by atoms with Crippen LogP contribution in [0.3, 0.4) is 0 Å². The molecule has 8 heteroatoms. The number of halogens is 1. The van der Waals surface area contributed by atoms with Crippen molar-refractivity contribution >= 4 is 5.91 Å². The third-order valence-corrected chi connectivity index (χ3v) is 6.18. The molecule has 1 aliphatic heterocycles. The zero-order chi connectivity index (χ0) is 23.7. The lowest BCUT2D eigenvalue weighted by Gasteiger charge is -2.29. The first-order valence-corrected chi connectivity index (χ1v) is 11.3. The van der Waals surface area contributed by atoms with E-state index in [1.165, 1.54) is 6.07 Å². The second-order valence-electron chi connectivity index (χ2n) is 8.36. The van der Waals surface area contributed by atoms with Crippen molar-refractivity contribution in [3.8, 4) is 11.3 Å². The molecule has 172 valence electrons. The number of fused-ring (bicyclic) bond motifs is 1. The highest BCUT2D eigenvalue weighted by Crippen LogP contribution is 2.25. The second kappa shape index (κ2) is 9.05. The number of imidazole rings is 1. The van der Waals surface area contributed by atoms with Gasteiger partial charge < -0.3 is 9.47 Å². The van der Waals surface area contributed by atoms with Crippen LogP contribution in [-0.4, -0.2) is 37.1 Å². The van der Waals surface area contributed by atoms with Gasteiger partial charge in [0.05, 0.1) is 29.7 Å². The van der Waals surface area contributed by atoms with Gasteiger partial charge in [0.1, 0.15) is 11.6 Å². The number of nitrogens with one attached hydrogen (secondary N) is 1. The van der Waals surface area contributed by atoms with Gasteiger partial charge in [-0.05, 0) is 35.7 Å². The Balaban J connectivity index is 1.36. The van der Waals surface area contributed by atoms with E-state index in [0.717, 1.165) is 22.6 Å². The monoisotopic (exact) mass is 457 g/mol. The van der Waals surface area contributed by atoms with Crippen LogP contribution in [0.4, 0.5) is 4.39 Å². The van der Waals surface area contributed by atoms with Crippen LogP contribution in [0.2, 0.25) is 0 Å². The number of nitrogens with zero attached hydrogens (tertiary/aromatic N) is 4. The molecule has 0 saturated carbocycles. The number of hydrogen-bond donors (Lipinski definition) is 1. The Morgan fingerprint density at radius 1 is 1.12 bits per heavy atom. The van der Waals surface area contributed by atoms with Crippen molar-refractivity contribution in [2.24, 2.45) is 0 Å². The van der Waals surface area contributed by atoms with Gasteiger partial charge >= 0.3 is 0 Å². The highest BCUT2D eigenvalue weighted by molar-refractivity contribution is 5.94. The molecule has 2 aromatic carbocycles. The number of carbonyl (C=O) groups excluding carboxylic acids is 1. The van der Waals surface area contributed by atoms with Crippen molar-refractivity contribution < 1.29 is 9.18 Å². The zero-order valence-electron chi connectivity index (χ0n) is 18.8. The molecule has 0 fully saturated rings. The Morgan fingerprint density at radius 2 is 1.94 bits per heavy atom. The maximum atomic E-state index is 14.7. The van der Waals surface area contributed by atoms with E-state index in [1.54, 1.807) is 23.1 Å². The van der Waals surface area contributed by atoms with Crippen LogP contribution in [-0.2, 0) is 25.9 Å². The lowest BCUT2D eigenvalue weighted by molar-refractivity contribution is 0.0703. The molecule has 3 heterocycles. The Hall–Kier alpha value is -4.07. The summed E-state index contributed by atoms with van der Waals surface area (Å²) in [4.78, 5) is 31.2. The molecule has 1 N–H and O–H groups in total. The molecule has 0 radical (unpaired) electrons. The largest absolute Gasteiger partial charge is 0.329 e. The van der Waals surface area contributed by atoms with Crippen molar-refractivity contribution in [2.45, 2.75) is 32.9 Å². The molecule has 0 spiro atoms. The minimum atomic E-state index is -0.559. The number of H-pyrrole nitrogens is 1. The lowest BCUT2D eigenvalue weighted by atomic mass is 10.0. The average Bonchev–Trinajstić information content (AvgIpc) is 3.30. The fraction of sp³-hybridized carbons (Fsp3) is 0.231. The summed E-state index contributed by atoms with van der Waals surface area (Å²) in [5, 5.41) is 6.58. The summed E-state index contributed by atoms with van der Waals surface area (Å²) in [6.07, 6.45) is 2.80. The molecule has 0 atom stereocenters. The summed E-state index contributed by atoms with van der Waals surface area (Å²) >= 11 is 0. The van der Waals surface area contributed by atoms with Crippen LogP contribution in [0, 0.1) is 5.82 Å². The molecule has 1 amide bonds. The second-order valence-corrected chi connectivity index (χ2v) is 8.36. The topological polar surface area (TPSA) is 83.9 Å². The molecular weight excluding hydrogens is 433 g/mol. The zero-order valence-corrected chi connectivity index (χ0v) is 18.8. The molecular formula is C26H24FN5O2. The number of hydrogen-bond acceptors (Lipinski definition) is 4. The molecule has 7 nitrogen and oxygen atoms in total. The molecule has 4 aromatic rings. The van der Waals surface area contributed by atoms with Crippen molar-refractivity contribution in [3.63, 3.8) is 0 Å². The molecule has 34 heavy (non-hydrogen) atoms. The van der Waals surface area contributed by atoms with E-state index in [-0.39, 0.29) is 17.0 Å². The van der Waals surface area contributed by atoms with E-state index >= 15 is 0 Å². The fourth-order valence-corrected chi connectivity index (χ4v) is 4.35. The summed E-state index contributed by atoms with van der Waals surface area (Å²) in [5.74, 6) is -0.144. The SMILES string of the molecule is CCc1cc(Cc2ccc(F)c(C(=O)N3CCn4c(-c5ccccc5)cnc4C3)c2)n[nH]c1=O. The van der Waals surface area contributed by atoms with Gasteiger partial charge in [-0.15, -0.1) is 0 Å². The Kier molecular flexibility index (Phi) is 5.79. The van der Waals surface area contributed by atoms with E-state index in [9.17, 15) is 14.0 Å². The Labute approximate surface area is 195 Å². The normalized spacial score (nSPS) is 13.1. The molecule has 5 rings (SSSR count). The highest BCUT2D eigenvalue weighted by Gasteiger charge is 2.26. The molecule has 0 unspecified atom stereocenters. The number of aromatic amines is 1. The van der Waals surface area contributed by atoms with Gasteiger partial charge in [-0.1, -0.05) is 43.3 Å². The number of aryl methyl sites for hydroxylation is 1. The van der Waals surface area contributed by atoms with Crippen LogP contribution in [0.15, 0.2) is 65.6 Å². The molecule has 0 aliphatic carbocycles. The predicted molar refractivity (Wildman–Crippen MR) is 126 cm³/mol. The predicted octanol–water partition coefficient (Wildman–Crippen LogP) is 3.58. The summed E-state index contributed by atoms with van der Waals surface area (Å²) in [6, 6.07) is 16.3. The Morgan fingerprint density at radius 3 is 2.74 bits per heavy atom. The third kappa shape index (κ3) is 4.14. The minimum absolute atomic E-state index is 0.0286. The third-order valence-electron chi connectivity index (χ3n) is 6.18. The van der Waals surface area contributed by atoms with E-state index in [4.69, 9.17) is 0 Å². The lowest BCUT2D eigenvalue weighted by Crippen LogP contribution is -2.39. The van der Waals surface area contributed by atoms with Gasteiger partial charge in [-0.3, -0.25) is 9.59 Å². The van der Waals surface area contributed by atoms with Gasteiger partial charge in [0.2, 0.25) is 0 Å². The van der Waals surface area contributed by atoms with Crippen molar-refractivity contribution in [1.82, 2.24) is 24.6 Å². The smallest absolute Gasteiger partial charge is 0.267 e. The fourth-order valence-electron chi connectivity index (χ4n) is 4.35. The molecule has 2 aromatic heterocycles. The van der Waals surface area contributed by atoms with Crippen LogP contribution < -0.4 is 5.56 Å². The highest BCUT2D eigenvalue weighted by atomic mass is 19.1. The molecule has 0 bridgehead atoms. The number of benzene rings is 2. The summed E-state index contributed by atoms with van der Waals surface area (Å²) in [7, 11) is 0. The van der Waals surface area contributed by atoms with Gasteiger partial charge in [0, 0.05) is 25.1 Å². The quantitative estimate of drug-likeness (QED) is 0.497. The summed E-state index contributed by atoms with van der Waals surface area (Å²) in [5.41, 5.74) is 3.95. The first-order valence-electron chi connectivity index (χ1n) is 11.3. The maximum absolute atomic E-state index is 14.7. The maximum Gasteiger partial charge on any atom is 0.267 e.